The molecular weight excluding hydrogens is 480 g/mol. The van der Waals surface area contributed by atoms with Gasteiger partial charge in [0.05, 0.1) is 29.9 Å². The summed E-state index contributed by atoms with van der Waals surface area (Å²) in [5.74, 6) is -0.134. The van der Waals surface area contributed by atoms with Crippen LogP contribution in [0, 0.1) is 0 Å². The second-order valence-electron chi connectivity index (χ2n) is 8.75. The molecule has 1 aliphatic rings. The molecule has 0 radical (unpaired) electrons. The van der Waals surface area contributed by atoms with Gasteiger partial charge in [0.1, 0.15) is 5.76 Å². The highest BCUT2D eigenvalue weighted by molar-refractivity contribution is 6.34. The maximum Gasteiger partial charge on any atom is 0.253 e. The number of amides is 3. The standard InChI is InChI=1S/C27H29ClN4O4/c28-24-12-11-20(15-23(24)27(35)32-19-7-2-1-3-8-19)29-17-25(33)31-21-9-4-6-18(14-21)26(34)30-16-22-10-5-13-36-22/h4-6,9-15,19,29H,1-3,7-8,16-17H2,(H,30,34)(H,31,33)(H,32,35). The fourth-order valence-corrected chi connectivity index (χ4v) is 4.33. The lowest BCUT2D eigenvalue weighted by atomic mass is 9.95. The molecule has 3 aromatic rings. The number of rotatable bonds is 9. The fourth-order valence-electron chi connectivity index (χ4n) is 4.13. The molecule has 0 unspecified atom stereocenters. The molecule has 2 aromatic carbocycles. The van der Waals surface area contributed by atoms with Gasteiger partial charge in [0.15, 0.2) is 0 Å². The molecule has 0 aliphatic heterocycles. The molecule has 3 amide bonds. The van der Waals surface area contributed by atoms with Crippen LogP contribution in [0.3, 0.4) is 0 Å². The minimum absolute atomic E-state index is 0.0275. The van der Waals surface area contributed by atoms with Crippen molar-refractivity contribution < 1.29 is 18.8 Å². The van der Waals surface area contributed by atoms with Crippen LogP contribution in [0.15, 0.2) is 65.3 Å². The zero-order valence-corrected chi connectivity index (χ0v) is 20.6. The lowest BCUT2D eigenvalue weighted by Gasteiger charge is -2.23. The van der Waals surface area contributed by atoms with Crippen molar-refractivity contribution in [2.24, 2.45) is 0 Å². The third kappa shape index (κ3) is 7.11. The highest BCUT2D eigenvalue weighted by Gasteiger charge is 2.19. The van der Waals surface area contributed by atoms with Gasteiger partial charge in [-0.3, -0.25) is 14.4 Å². The van der Waals surface area contributed by atoms with E-state index in [1.54, 1.807) is 60.9 Å². The van der Waals surface area contributed by atoms with Gasteiger partial charge >= 0.3 is 0 Å². The third-order valence-electron chi connectivity index (χ3n) is 6.02. The van der Waals surface area contributed by atoms with Gasteiger partial charge in [0.2, 0.25) is 5.91 Å². The van der Waals surface area contributed by atoms with Crippen LogP contribution in [0.1, 0.15) is 58.6 Å². The van der Waals surface area contributed by atoms with Gasteiger partial charge < -0.3 is 25.7 Å². The minimum atomic E-state index is -0.300. The van der Waals surface area contributed by atoms with Crippen molar-refractivity contribution in [1.82, 2.24) is 10.6 Å². The van der Waals surface area contributed by atoms with E-state index >= 15 is 0 Å². The number of hydrogen-bond acceptors (Lipinski definition) is 5. The van der Waals surface area contributed by atoms with Crippen molar-refractivity contribution >= 4 is 40.7 Å². The van der Waals surface area contributed by atoms with E-state index in [-0.39, 0.29) is 36.9 Å². The number of furan rings is 1. The summed E-state index contributed by atoms with van der Waals surface area (Å²) in [6.07, 6.45) is 6.95. The summed E-state index contributed by atoms with van der Waals surface area (Å²) in [5, 5.41) is 12.0. The number of halogens is 1. The van der Waals surface area contributed by atoms with Crippen LogP contribution in [0.4, 0.5) is 11.4 Å². The maximum atomic E-state index is 12.7. The summed E-state index contributed by atoms with van der Waals surface area (Å²) in [6.45, 7) is 0.244. The predicted octanol–water partition coefficient (Wildman–Crippen LogP) is 4.98. The summed E-state index contributed by atoms with van der Waals surface area (Å²) in [6, 6.07) is 15.4. The Labute approximate surface area is 214 Å². The molecule has 1 aromatic heterocycles. The average Bonchev–Trinajstić information content (AvgIpc) is 3.41. The van der Waals surface area contributed by atoms with Gasteiger partial charge in [-0.05, 0) is 61.4 Å². The Hall–Kier alpha value is -3.78. The van der Waals surface area contributed by atoms with Crippen molar-refractivity contribution in [3.8, 4) is 0 Å². The van der Waals surface area contributed by atoms with E-state index in [9.17, 15) is 14.4 Å². The Kier molecular flexibility index (Phi) is 8.62. The first kappa shape index (κ1) is 25.3. The van der Waals surface area contributed by atoms with E-state index in [1.807, 2.05) is 0 Å². The number of nitrogens with one attached hydrogen (secondary N) is 4. The highest BCUT2D eigenvalue weighted by atomic mass is 35.5. The van der Waals surface area contributed by atoms with Crippen molar-refractivity contribution in [2.75, 3.05) is 17.2 Å². The lowest BCUT2D eigenvalue weighted by molar-refractivity contribution is -0.114. The third-order valence-corrected chi connectivity index (χ3v) is 6.35. The summed E-state index contributed by atoms with van der Waals surface area (Å²) in [5.41, 5.74) is 1.89. The Bertz CT molecular complexity index is 1210. The molecule has 0 spiro atoms. The van der Waals surface area contributed by atoms with E-state index in [2.05, 4.69) is 21.3 Å². The molecule has 0 bridgehead atoms. The van der Waals surface area contributed by atoms with E-state index in [0.29, 0.717) is 33.3 Å². The first-order chi connectivity index (χ1) is 17.5. The maximum absolute atomic E-state index is 12.7. The second-order valence-corrected chi connectivity index (χ2v) is 9.15. The van der Waals surface area contributed by atoms with Crippen molar-refractivity contribution in [3.63, 3.8) is 0 Å². The molecule has 8 nitrogen and oxygen atoms in total. The molecule has 1 saturated carbocycles. The molecule has 0 saturated heterocycles. The second kappa shape index (κ2) is 12.3. The Morgan fingerprint density at radius 3 is 2.53 bits per heavy atom. The van der Waals surface area contributed by atoms with Crippen LogP contribution in [0.2, 0.25) is 5.02 Å². The van der Waals surface area contributed by atoms with Crippen LogP contribution >= 0.6 is 11.6 Å². The van der Waals surface area contributed by atoms with Gasteiger partial charge in [-0.2, -0.15) is 0 Å². The van der Waals surface area contributed by atoms with Crippen LogP contribution < -0.4 is 21.3 Å². The molecule has 1 fully saturated rings. The SMILES string of the molecule is O=C(CNc1ccc(Cl)c(C(=O)NC2CCCCC2)c1)Nc1cccc(C(=O)NCc2ccco2)c1. The van der Waals surface area contributed by atoms with Gasteiger partial charge in [0, 0.05) is 23.0 Å². The smallest absolute Gasteiger partial charge is 0.253 e. The molecule has 0 atom stereocenters. The molecule has 188 valence electrons. The van der Waals surface area contributed by atoms with E-state index < -0.39 is 0 Å². The Morgan fingerprint density at radius 2 is 1.75 bits per heavy atom. The van der Waals surface area contributed by atoms with E-state index in [4.69, 9.17) is 16.0 Å². The monoisotopic (exact) mass is 508 g/mol. The minimum Gasteiger partial charge on any atom is -0.467 e. The van der Waals surface area contributed by atoms with Gasteiger partial charge in [-0.25, -0.2) is 0 Å². The van der Waals surface area contributed by atoms with Crippen LogP contribution in [-0.2, 0) is 11.3 Å². The summed E-state index contributed by atoms with van der Waals surface area (Å²) in [4.78, 5) is 37.6. The normalized spacial score (nSPS) is 13.6. The molecule has 9 heteroatoms. The molecule has 36 heavy (non-hydrogen) atoms. The predicted molar refractivity (Wildman–Crippen MR) is 139 cm³/mol. The number of benzene rings is 2. The topological polar surface area (TPSA) is 112 Å². The first-order valence-corrected chi connectivity index (χ1v) is 12.4. The van der Waals surface area contributed by atoms with Crippen LogP contribution in [0.25, 0.3) is 0 Å². The van der Waals surface area contributed by atoms with Gasteiger partial charge in [0.25, 0.3) is 11.8 Å². The molecule has 1 aliphatic carbocycles. The van der Waals surface area contributed by atoms with E-state index in [0.717, 1.165) is 25.7 Å². The average molecular weight is 509 g/mol. The molecule has 4 rings (SSSR count). The molecule has 1 heterocycles. The van der Waals surface area contributed by atoms with Gasteiger partial charge in [-0.15, -0.1) is 0 Å². The lowest BCUT2D eigenvalue weighted by Crippen LogP contribution is -2.36. The first-order valence-electron chi connectivity index (χ1n) is 12.0. The van der Waals surface area contributed by atoms with Crippen molar-refractivity contribution in [1.29, 1.82) is 0 Å². The fraction of sp³-hybridized carbons (Fsp3) is 0.296. The summed E-state index contributed by atoms with van der Waals surface area (Å²) >= 11 is 6.26. The highest BCUT2D eigenvalue weighted by Crippen LogP contribution is 2.23. The van der Waals surface area contributed by atoms with Gasteiger partial charge in [-0.1, -0.05) is 36.9 Å². The number of hydrogen-bond donors (Lipinski definition) is 4. The number of carbonyl (C=O) groups excluding carboxylic acids is 3. The van der Waals surface area contributed by atoms with Crippen LogP contribution in [-0.4, -0.2) is 30.3 Å². The van der Waals surface area contributed by atoms with Crippen LogP contribution in [0.5, 0.6) is 0 Å². The molecule has 4 N–H and O–H groups in total. The Balaban J connectivity index is 1.29. The number of carbonyl (C=O) groups is 3. The summed E-state index contributed by atoms with van der Waals surface area (Å²) in [7, 11) is 0. The number of anilines is 2. The quantitative estimate of drug-likeness (QED) is 0.326. The van der Waals surface area contributed by atoms with Crippen molar-refractivity contribution in [2.45, 2.75) is 44.7 Å². The van der Waals surface area contributed by atoms with Crippen molar-refractivity contribution in [3.05, 3.63) is 82.8 Å². The zero-order chi connectivity index (χ0) is 25.3. The zero-order valence-electron chi connectivity index (χ0n) is 19.8. The van der Waals surface area contributed by atoms with E-state index in [1.165, 1.54) is 6.42 Å². The largest absolute Gasteiger partial charge is 0.467 e. The molecular formula is C27H29ClN4O4. The summed E-state index contributed by atoms with van der Waals surface area (Å²) < 4.78 is 5.21. The Morgan fingerprint density at radius 1 is 0.917 bits per heavy atom.